The Labute approximate surface area is 106 Å². The van der Waals surface area contributed by atoms with Gasteiger partial charge in [-0.2, -0.15) is 0 Å². The van der Waals surface area contributed by atoms with E-state index in [1.807, 2.05) is 18.2 Å². The van der Waals surface area contributed by atoms with Gasteiger partial charge >= 0.3 is 0 Å². The summed E-state index contributed by atoms with van der Waals surface area (Å²) in [5.74, 6) is 0. The average Bonchev–Trinajstić information content (AvgIpc) is 2.28. The number of hydrogen-bond donors (Lipinski definition) is 0. The molecule has 0 unspecified atom stereocenters. The monoisotopic (exact) mass is 251 g/mol. The van der Waals surface area contributed by atoms with Gasteiger partial charge in [0, 0.05) is 14.7 Å². The van der Waals surface area contributed by atoms with Crippen LogP contribution >= 0.6 is 0 Å². The molecule has 0 aliphatic carbocycles. The van der Waals surface area contributed by atoms with Gasteiger partial charge in [-0.1, -0.05) is 50.0 Å². The van der Waals surface area contributed by atoms with Gasteiger partial charge in [0.15, 0.2) is 0 Å². The van der Waals surface area contributed by atoms with E-state index in [-0.39, 0.29) is 0 Å². The zero-order valence-electron chi connectivity index (χ0n) is 11.1. The van der Waals surface area contributed by atoms with Crippen LogP contribution in [0.25, 0.3) is 0 Å². The number of benzene rings is 1. The van der Waals surface area contributed by atoms with Crippen LogP contribution in [0.1, 0.15) is 5.56 Å². The van der Waals surface area contributed by atoms with Gasteiger partial charge in [0.05, 0.1) is 13.2 Å². The van der Waals surface area contributed by atoms with Crippen molar-refractivity contribution in [3.05, 3.63) is 42.5 Å². The van der Waals surface area contributed by atoms with Crippen molar-refractivity contribution in [1.82, 2.24) is 0 Å². The maximum Gasteiger partial charge on any atom is 0.109 e. The zero-order chi connectivity index (χ0) is 12.6. The highest BCUT2D eigenvalue weighted by molar-refractivity contribution is 6.76. The van der Waals surface area contributed by atoms with Crippen molar-refractivity contribution in [2.75, 3.05) is 13.2 Å². The van der Waals surface area contributed by atoms with Crippen molar-refractivity contribution in [3.8, 4) is 0 Å². The predicted molar refractivity (Wildman–Crippen MR) is 74.5 cm³/mol. The van der Waals surface area contributed by atoms with E-state index in [2.05, 4.69) is 31.8 Å². The predicted octanol–water partition coefficient (Wildman–Crippen LogP) is 3.72. The summed E-state index contributed by atoms with van der Waals surface area (Å²) < 4.78 is 10.9. The molecule has 0 fully saturated rings. The van der Waals surface area contributed by atoms with E-state index in [0.717, 1.165) is 6.61 Å². The van der Waals surface area contributed by atoms with E-state index in [0.29, 0.717) is 13.2 Å². The average molecular weight is 251 g/mol. The molecular formula is C14H23O2Si. The molecule has 0 aliphatic rings. The van der Waals surface area contributed by atoms with Gasteiger partial charge in [-0.3, -0.25) is 0 Å². The van der Waals surface area contributed by atoms with Gasteiger partial charge in [-0.25, -0.2) is 0 Å². The molecule has 1 radical (unpaired) electrons. The van der Waals surface area contributed by atoms with Crippen LogP contribution in [-0.4, -0.2) is 21.3 Å². The number of rotatable bonds is 8. The number of ether oxygens (including phenoxy) is 2. The summed E-state index contributed by atoms with van der Waals surface area (Å²) in [5.41, 5.74) is 1.20. The molecule has 0 saturated carbocycles. The van der Waals surface area contributed by atoms with Crippen LogP contribution in [0.3, 0.4) is 0 Å². The highest BCUT2D eigenvalue weighted by Crippen LogP contribution is 2.08. The minimum Gasteiger partial charge on any atom is -0.374 e. The molecule has 3 heteroatoms. The van der Waals surface area contributed by atoms with E-state index in [1.54, 1.807) is 6.61 Å². The molecule has 0 heterocycles. The van der Waals surface area contributed by atoms with Crippen molar-refractivity contribution in [2.24, 2.45) is 0 Å². The third kappa shape index (κ3) is 8.13. The lowest BCUT2D eigenvalue weighted by Gasteiger charge is -2.15. The molecule has 1 aromatic rings. The lowest BCUT2D eigenvalue weighted by atomic mass is 10.2. The van der Waals surface area contributed by atoms with Crippen LogP contribution in [0, 0.1) is 6.61 Å². The van der Waals surface area contributed by atoms with E-state index < -0.39 is 8.07 Å². The van der Waals surface area contributed by atoms with Crippen LogP contribution in [0.5, 0.6) is 0 Å². The van der Waals surface area contributed by atoms with Gasteiger partial charge in [-0.15, -0.1) is 0 Å². The van der Waals surface area contributed by atoms with Gasteiger partial charge < -0.3 is 9.47 Å². The van der Waals surface area contributed by atoms with Crippen LogP contribution in [-0.2, 0) is 16.1 Å². The highest BCUT2D eigenvalue weighted by Gasteiger charge is 2.11. The second-order valence-electron chi connectivity index (χ2n) is 5.35. The third-order valence-electron chi connectivity index (χ3n) is 2.39. The molecule has 0 atom stereocenters. The molecular weight excluding hydrogens is 228 g/mol. The molecule has 0 amide bonds. The first kappa shape index (κ1) is 14.4. The first-order valence-electron chi connectivity index (χ1n) is 6.13. The fourth-order valence-corrected chi connectivity index (χ4v) is 2.03. The topological polar surface area (TPSA) is 18.5 Å². The normalized spacial score (nSPS) is 11.7. The van der Waals surface area contributed by atoms with E-state index in [1.165, 1.54) is 11.6 Å². The molecule has 1 aromatic carbocycles. The minimum atomic E-state index is -0.964. The Kier molecular flexibility index (Phi) is 6.48. The molecule has 1 rings (SSSR count). The fourth-order valence-electron chi connectivity index (χ4n) is 1.30. The van der Waals surface area contributed by atoms with Crippen LogP contribution < -0.4 is 0 Å². The largest absolute Gasteiger partial charge is 0.374 e. The quantitative estimate of drug-likeness (QED) is 0.518. The Balaban J connectivity index is 1.95. The van der Waals surface area contributed by atoms with Crippen LogP contribution in [0.4, 0.5) is 0 Å². The fraction of sp³-hybridized carbons (Fsp3) is 0.500. The van der Waals surface area contributed by atoms with Crippen LogP contribution in [0.2, 0.25) is 25.7 Å². The van der Waals surface area contributed by atoms with Crippen molar-refractivity contribution in [3.63, 3.8) is 0 Å². The molecule has 0 aromatic heterocycles. The summed E-state index contributed by atoms with van der Waals surface area (Å²) in [5, 5.41) is 0. The van der Waals surface area contributed by atoms with Gasteiger partial charge in [0.1, 0.15) is 6.61 Å². The molecule has 0 saturated heterocycles. The van der Waals surface area contributed by atoms with Gasteiger partial charge in [0.2, 0.25) is 0 Å². The Morgan fingerprint density at radius 2 is 1.82 bits per heavy atom. The smallest absolute Gasteiger partial charge is 0.109 e. The van der Waals surface area contributed by atoms with Crippen molar-refractivity contribution >= 4 is 8.07 Å². The highest BCUT2D eigenvalue weighted by atomic mass is 28.3. The minimum absolute atomic E-state index is 0.556. The summed E-state index contributed by atoms with van der Waals surface area (Å²) in [6.45, 7) is 10.8. The Bertz CT molecular complexity index is 293. The van der Waals surface area contributed by atoms with Crippen molar-refractivity contribution in [1.29, 1.82) is 0 Å². The first-order chi connectivity index (χ1) is 8.08. The molecule has 95 valence electrons. The number of hydrogen-bond acceptors (Lipinski definition) is 2. The zero-order valence-corrected chi connectivity index (χ0v) is 12.1. The Hall–Kier alpha value is -0.643. The summed E-state index contributed by atoms with van der Waals surface area (Å²) in [6.07, 6.45) is 0. The van der Waals surface area contributed by atoms with Gasteiger partial charge in [-0.05, 0) is 11.6 Å². The maximum atomic E-state index is 5.48. The summed E-state index contributed by atoms with van der Waals surface area (Å²) in [6, 6.07) is 11.4. The SMILES string of the molecule is C[Si](C)(C)CCO[CH]COCc1ccccc1. The van der Waals surface area contributed by atoms with E-state index in [9.17, 15) is 0 Å². The molecule has 17 heavy (non-hydrogen) atoms. The molecule has 0 bridgehead atoms. The molecule has 0 spiro atoms. The lowest BCUT2D eigenvalue weighted by molar-refractivity contribution is 0.0850. The second-order valence-corrected chi connectivity index (χ2v) is 11.0. The standard InChI is InChI=1S/C14H23O2Si/c1-17(2,3)12-11-15-9-10-16-13-14-7-5-4-6-8-14/h4-9H,10-13H2,1-3H3. The summed E-state index contributed by atoms with van der Waals surface area (Å²) >= 11 is 0. The van der Waals surface area contributed by atoms with Gasteiger partial charge in [0.25, 0.3) is 0 Å². The molecule has 0 N–H and O–H groups in total. The molecule has 0 aliphatic heterocycles. The summed E-state index contributed by atoms with van der Waals surface area (Å²) in [7, 11) is -0.964. The third-order valence-corrected chi connectivity index (χ3v) is 4.09. The first-order valence-corrected chi connectivity index (χ1v) is 9.83. The van der Waals surface area contributed by atoms with Crippen molar-refractivity contribution < 1.29 is 9.47 Å². The Morgan fingerprint density at radius 1 is 1.12 bits per heavy atom. The van der Waals surface area contributed by atoms with Crippen molar-refractivity contribution in [2.45, 2.75) is 32.3 Å². The molecule has 2 nitrogen and oxygen atoms in total. The maximum absolute atomic E-state index is 5.48. The second kappa shape index (κ2) is 7.64. The van der Waals surface area contributed by atoms with Crippen LogP contribution in [0.15, 0.2) is 30.3 Å². The van der Waals surface area contributed by atoms with E-state index in [4.69, 9.17) is 9.47 Å². The summed E-state index contributed by atoms with van der Waals surface area (Å²) in [4.78, 5) is 0. The lowest BCUT2D eigenvalue weighted by Crippen LogP contribution is -2.21. The Morgan fingerprint density at radius 3 is 2.47 bits per heavy atom. The van der Waals surface area contributed by atoms with E-state index >= 15 is 0 Å².